The lowest BCUT2D eigenvalue weighted by Crippen LogP contribution is -2.30. The second-order valence-electron chi connectivity index (χ2n) is 6.05. The fraction of sp³-hybridized carbons (Fsp3) is 0.600. The summed E-state index contributed by atoms with van der Waals surface area (Å²) in [5.74, 6) is 0. The quantitative estimate of drug-likeness (QED) is 0.795. The number of hydrogen-bond acceptors (Lipinski definition) is 2. The lowest BCUT2D eigenvalue weighted by Gasteiger charge is -2.15. The van der Waals surface area contributed by atoms with Gasteiger partial charge in [-0.05, 0) is 67.2 Å². The normalized spacial score (nSPS) is 19.9. The smallest absolute Gasteiger partial charge is 0.211 e. The Hall–Kier alpha value is -0.390. The molecule has 1 saturated carbocycles. The lowest BCUT2D eigenvalue weighted by molar-refractivity contribution is 0.480. The Bertz CT molecular complexity index is 608. The molecule has 0 bridgehead atoms. The van der Waals surface area contributed by atoms with Crippen LogP contribution in [0.2, 0.25) is 0 Å². The van der Waals surface area contributed by atoms with Crippen molar-refractivity contribution in [3.63, 3.8) is 0 Å². The molecule has 5 heteroatoms. The van der Waals surface area contributed by atoms with Crippen molar-refractivity contribution in [3.8, 4) is 0 Å². The number of nitrogens with one attached hydrogen (secondary N) is 1. The number of hydrogen-bond donors (Lipinski definition) is 1. The molecule has 2 aliphatic carbocycles. The Morgan fingerprint density at radius 2 is 1.95 bits per heavy atom. The van der Waals surface area contributed by atoms with E-state index >= 15 is 0 Å². The van der Waals surface area contributed by atoms with Crippen LogP contribution in [0.5, 0.6) is 0 Å². The van der Waals surface area contributed by atoms with E-state index < -0.39 is 10.0 Å². The van der Waals surface area contributed by atoms with Gasteiger partial charge in [0.05, 0.1) is 4.90 Å². The maximum atomic E-state index is 12.4. The Morgan fingerprint density at radius 3 is 2.65 bits per heavy atom. The number of benzene rings is 1. The van der Waals surface area contributed by atoms with E-state index in [-0.39, 0.29) is 5.41 Å². The molecular formula is C15H20BrNO2S. The van der Waals surface area contributed by atoms with E-state index in [1.54, 1.807) is 6.07 Å². The molecule has 0 amide bonds. The number of rotatable bonds is 6. The van der Waals surface area contributed by atoms with Gasteiger partial charge in [-0.1, -0.05) is 22.0 Å². The maximum absolute atomic E-state index is 12.4. The summed E-state index contributed by atoms with van der Waals surface area (Å²) in [6.07, 6.45) is 6.53. The van der Waals surface area contributed by atoms with Crippen LogP contribution in [-0.4, -0.2) is 20.3 Å². The molecule has 20 heavy (non-hydrogen) atoms. The number of alkyl halides is 1. The van der Waals surface area contributed by atoms with Crippen molar-refractivity contribution >= 4 is 26.0 Å². The number of halogens is 1. The first-order valence-electron chi connectivity index (χ1n) is 7.22. The summed E-state index contributed by atoms with van der Waals surface area (Å²) in [5.41, 5.74) is 2.71. The molecule has 1 aromatic rings. The second-order valence-corrected chi connectivity index (χ2v) is 8.61. The van der Waals surface area contributed by atoms with Crippen molar-refractivity contribution in [2.24, 2.45) is 5.41 Å². The number of sulfonamides is 1. The Balaban J connectivity index is 1.72. The summed E-state index contributed by atoms with van der Waals surface area (Å²) in [4.78, 5) is 0.424. The summed E-state index contributed by atoms with van der Waals surface area (Å²) in [6.45, 7) is 0.567. The van der Waals surface area contributed by atoms with Gasteiger partial charge in [-0.15, -0.1) is 0 Å². The lowest BCUT2D eigenvalue weighted by atomic mass is 10.1. The summed E-state index contributed by atoms with van der Waals surface area (Å²) in [5, 5.41) is 0.938. The molecule has 3 nitrogen and oxygen atoms in total. The zero-order chi connectivity index (χ0) is 14.2. The minimum atomic E-state index is -3.36. The molecule has 3 rings (SSSR count). The molecule has 0 aromatic heterocycles. The highest BCUT2D eigenvalue weighted by Crippen LogP contribution is 2.48. The standard InChI is InChI=1S/C15H20BrNO2S/c16-9-8-15(6-7-15)11-17-20(18,19)14-5-4-12-2-1-3-13(12)10-14/h4-5,10,17H,1-3,6-9,11H2. The summed E-state index contributed by atoms with van der Waals surface area (Å²) >= 11 is 3.45. The van der Waals surface area contributed by atoms with Crippen molar-refractivity contribution in [2.45, 2.75) is 43.4 Å². The van der Waals surface area contributed by atoms with Gasteiger partial charge in [0.2, 0.25) is 10.0 Å². The average Bonchev–Trinajstić information content (AvgIpc) is 3.03. The van der Waals surface area contributed by atoms with Gasteiger partial charge >= 0.3 is 0 Å². The number of fused-ring (bicyclic) bond motifs is 1. The van der Waals surface area contributed by atoms with Crippen LogP contribution in [0.1, 0.15) is 36.8 Å². The van der Waals surface area contributed by atoms with Gasteiger partial charge in [0.15, 0.2) is 0 Å². The first-order valence-corrected chi connectivity index (χ1v) is 9.83. The molecule has 0 radical (unpaired) electrons. The van der Waals surface area contributed by atoms with Crippen LogP contribution in [0.25, 0.3) is 0 Å². The van der Waals surface area contributed by atoms with Crippen LogP contribution in [0, 0.1) is 5.41 Å². The first kappa shape index (κ1) is 14.5. The van der Waals surface area contributed by atoms with E-state index in [0.717, 1.165) is 43.9 Å². The SMILES string of the molecule is O=S(=O)(NCC1(CCBr)CC1)c1ccc2c(c1)CCC2. The molecule has 1 N–H and O–H groups in total. The van der Waals surface area contributed by atoms with Crippen molar-refractivity contribution in [1.82, 2.24) is 4.72 Å². The molecule has 110 valence electrons. The minimum absolute atomic E-state index is 0.202. The Morgan fingerprint density at radius 1 is 1.20 bits per heavy atom. The fourth-order valence-corrected chi connectivity index (χ4v) is 4.99. The highest BCUT2D eigenvalue weighted by atomic mass is 79.9. The number of aryl methyl sites for hydroxylation is 2. The van der Waals surface area contributed by atoms with Crippen LogP contribution in [0.4, 0.5) is 0 Å². The third-order valence-electron chi connectivity index (χ3n) is 4.60. The zero-order valence-electron chi connectivity index (χ0n) is 11.5. The predicted molar refractivity (Wildman–Crippen MR) is 83.7 cm³/mol. The van der Waals surface area contributed by atoms with Crippen LogP contribution in [-0.2, 0) is 22.9 Å². The van der Waals surface area contributed by atoms with Crippen molar-refractivity contribution in [2.75, 3.05) is 11.9 Å². The summed E-state index contributed by atoms with van der Waals surface area (Å²) in [7, 11) is -3.36. The Labute approximate surface area is 129 Å². The zero-order valence-corrected chi connectivity index (χ0v) is 13.9. The molecule has 2 aliphatic rings. The van der Waals surface area contributed by atoms with Gasteiger partial charge in [-0.25, -0.2) is 13.1 Å². The molecule has 0 unspecified atom stereocenters. The second kappa shape index (κ2) is 5.43. The fourth-order valence-electron chi connectivity index (χ4n) is 2.94. The molecule has 0 spiro atoms. The van der Waals surface area contributed by atoms with E-state index in [1.165, 1.54) is 11.1 Å². The third kappa shape index (κ3) is 2.95. The van der Waals surface area contributed by atoms with Gasteiger partial charge < -0.3 is 0 Å². The summed E-state index contributed by atoms with van der Waals surface area (Å²) < 4.78 is 27.6. The molecule has 1 aromatic carbocycles. The highest BCUT2D eigenvalue weighted by molar-refractivity contribution is 9.09. The van der Waals surface area contributed by atoms with E-state index in [4.69, 9.17) is 0 Å². The van der Waals surface area contributed by atoms with Gasteiger partial charge in [-0.3, -0.25) is 0 Å². The van der Waals surface area contributed by atoms with Crippen LogP contribution < -0.4 is 4.72 Å². The monoisotopic (exact) mass is 357 g/mol. The molecule has 0 saturated heterocycles. The van der Waals surface area contributed by atoms with Crippen LogP contribution >= 0.6 is 15.9 Å². The first-order chi connectivity index (χ1) is 9.55. The van der Waals surface area contributed by atoms with Crippen LogP contribution in [0.3, 0.4) is 0 Å². The molecular weight excluding hydrogens is 338 g/mol. The van der Waals surface area contributed by atoms with E-state index in [2.05, 4.69) is 20.7 Å². The molecule has 0 heterocycles. The van der Waals surface area contributed by atoms with Gasteiger partial charge in [0.1, 0.15) is 0 Å². The topological polar surface area (TPSA) is 46.2 Å². The third-order valence-corrected chi connectivity index (χ3v) is 6.39. The van der Waals surface area contributed by atoms with Crippen molar-refractivity contribution in [3.05, 3.63) is 29.3 Å². The van der Waals surface area contributed by atoms with Crippen molar-refractivity contribution < 1.29 is 8.42 Å². The average molecular weight is 358 g/mol. The Kier molecular flexibility index (Phi) is 3.95. The van der Waals surface area contributed by atoms with Gasteiger partial charge in [-0.2, -0.15) is 0 Å². The van der Waals surface area contributed by atoms with Gasteiger partial charge in [0, 0.05) is 11.9 Å². The summed E-state index contributed by atoms with van der Waals surface area (Å²) in [6, 6.07) is 5.58. The predicted octanol–water partition coefficient (Wildman–Crippen LogP) is 3.02. The van der Waals surface area contributed by atoms with E-state index in [1.807, 2.05) is 12.1 Å². The van der Waals surface area contributed by atoms with E-state index in [0.29, 0.717) is 11.4 Å². The van der Waals surface area contributed by atoms with Gasteiger partial charge in [0.25, 0.3) is 0 Å². The molecule has 1 fully saturated rings. The van der Waals surface area contributed by atoms with Crippen molar-refractivity contribution in [1.29, 1.82) is 0 Å². The largest absolute Gasteiger partial charge is 0.240 e. The van der Waals surface area contributed by atoms with E-state index in [9.17, 15) is 8.42 Å². The maximum Gasteiger partial charge on any atom is 0.240 e. The van der Waals surface area contributed by atoms with Crippen LogP contribution in [0.15, 0.2) is 23.1 Å². The molecule has 0 aliphatic heterocycles. The minimum Gasteiger partial charge on any atom is -0.211 e. The molecule has 0 atom stereocenters. The highest BCUT2D eigenvalue weighted by Gasteiger charge is 2.42.